The van der Waals surface area contributed by atoms with Gasteiger partial charge in [-0.3, -0.25) is 29.4 Å². The highest BCUT2D eigenvalue weighted by Gasteiger charge is 2.45. The molecule has 0 spiro atoms. The van der Waals surface area contributed by atoms with Crippen LogP contribution in [0.4, 0.5) is 16.2 Å². The van der Waals surface area contributed by atoms with Crippen molar-refractivity contribution in [3.05, 3.63) is 45.1 Å². The molecule has 3 heterocycles. The van der Waals surface area contributed by atoms with Gasteiger partial charge in [0, 0.05) is 25.4 Å². The van der Waals surface area contributed by atoms with E-state index in [-0.39, 0.29) is 29.8 Å². The van der Waals surface area contributed by atoms with Gasteiger partial charge in [0.05, 0.1) is 23.5 Å². The van der Waals surface area contributed by atoms with Gasteiger partial charge in [0.15, 0.2) is 0 Å². The van der Waals surface area contributed by atoms with Gasteiger partial charge >= 0.3 is 6.03 Å². The Morgan fingerprint density at radius 3 is 2.61 bits per heavy atom. The molecule has 0 aliphatic carbocycles. The molecule has 1 aromatic carbocycles. The minimum atomic E-state index is -0.991. The molecule has 3 N–H and O–H groups in total. The Bertz CT molecular complexity index is 1150. The molecule has 0 bridgehead atoms. The van der Waals surface area contributed by atoms with Crippen LogP contribution in [-0.4, -0.2) is 54.7 Å². The summed E-state index contributed by atoms with van der Waals surface area (Å²) in [7, 11) is 3.77. The number of hydrogen-bond donors (Lipinski definition) is 3. The van der Waals surface area contributed by atoms with E-state index in [9.17, 15) is 24.0 Å². The first kappa shape index (κ1) is 22.5. The molecule has 1 fully saturated rings. The van der Waals surface area contributed by atoms with E-state index in [1.54, 1.807) is 6.07 Å². The number of piperidine rings is 1. The zero-order valence-electron chi connectivity index (χ0n) is 18.4. The molecule has 33 heavy (non-hydrogen) atoms. The average Bonchev–Trinajstić information content (AvgIpc) is 3.27. The number of thiophene rings is 1. The van der Waals surface area contributed by atoms with Crippen LogP contribution in [0.5, 0.6) is 0 Å². The van der Waals surface area contributed by atoms with E-state index in [1.807, 2.05) is 44.1 Å². The van der Waals surface area contributed by atoms with Gasteiger partial charge in [-0.05, 0) is 37.1 Å². The molecule has 1 atom stereocenters. The van der Waals surface area contributed by atoms with Crippen molar-refractivity contribution >= 4 is 52.4 Å². The number of fused-ring (bicyclic) bond motifs is 1. The summed E-state index contributed by atoms with van der Waals surface area (Å²) in [5.41, 5.74) is 2.80. The average molecular weight is 470 g/mol. The highest BCUT2D eigenvalue weighted by atomic mass is 32.1. The molecule has 1 saturated heterocycles. The second-order valence-corrected chi connectivity index (χ2v) is 9.26. The lowest BCUT2D eigenvalue weighted by molar-refractivity contribution is -0.136. The van der Waals surface area contributed by atoms with E-state index in [4.69, 9.17) is 0 Å². The van der Waals surface area contributed by atoms with Gasteiger partial charge in [-0.15, -0.1) is 11.3 Å². The third-order valence-corrected chi connectivity index (χ3v) is 6.60. The number of nitrogens with one attached hydrogen (secondary N) is 3. The van der Waals surface area contributed by atoms with Crippen LogP contribution in [0.1, 0.15) is 43.3 Å². The molecule has 172 valence electrons. The fraction of sp³-hybridized carbons (Fsp3) is 0.318. The highest BCUT2D eigenvalue weighted by molar-refractivity contribution is 7.14. The van der Waals surface area contributed by atoms with Crippen LogP contribution in [0, 0.1) is 6.92 Å². The van der Waals surface area contributed by atoms with Gasteiger partial charge in [0.1, 0.15) is 10.9 Å². The zero-order chi connectivity index (χ0) is 23.9. The Labute approximate surface area is 193 Å². The lowest BCUT2D eigenvalue weighted by Gasteiger charge is -2.27. The summed E-state index contributed by atoms with van der Waals surface area (Å²) < 4.78 is 0. The number of imide groups is 2. The standard InChI is InChI=1S/C22H23N5O5S/c1-11-4-5-14(16(8-11)26(2)3)24-22(32)23-10-12-9-13-18(33-12)21(31)27(20(13)30)15-6-7-17(28)25-19(15)29/h4-5,8-9,15H,6-7,10H2,1-3H3,(H2,23,24,32)(H,25,28,29). The van der Waals surface area contributed by atoms with Crippen molar-refractivity contribution in [3.63, 3.8) is 0 Å². The van der Waals surface area contributed by atoms with Crippen molar-refractivity contribution in [2.75, 3.05) is 24.3 Å². The number of hydrogen-bond acceptors (Lipinski definition) is 7. The number of benzene rings is 1. The molecular formula is C22H23N5O5S. The number of urea groups is 1. The van der Waals surface area contributed by atoms with Crippen LogP contribution in [-0.2, 0) is 16.1 Å². The molecule has 0 radical (unpaired) electrons. The fourth-order valence-corrected chi connectivity index (χ4v) is 4.87. The molecular weight excluding hydrogens is 446 g/mol. The molecule has 1 unspecified atom stereocenters. The van der Waals surface area contributed by atoms with Crippen molar-refractivity contribution in [1.82, 2.24) is 15.5 Å². The molecule has 1 aromatic heterocycles. The first-order valence-electron chi connectivity index (χ1n) is 10.3. The number of carbonyl (C=O) groups is 5. The quantitative estimate of drug-likeness (QED) is 0.574. The predicted molar refractivity (Wildman–Crippen MR) is 122 cm³/mol. The minimum absolute atomic E-state index is 0.0713. The molecule has 11 heteroatoms. The second kappa shape index (κ2) is 8.66. The number of aryl methyl sites for hydroxylation is 1. The van der Waals surface area contributed by atoms with Crippen LogP contribution >= 0.6 is 11.3 Å². The van der Waals surface area contributed by atoms with Gasteiger partial charge in [0.25, 0.3) is 11.8 Å². The van der Waals surface area contributed by atoms with Crippen LogP contribution in [0.25, 0.3) is 0 Å². The molecule has 2 aliphatic rings. The van der Waals surface area contributed by atoms with Crippen LogP contribution in [0.2, 0.25) is 0 Å². The summed E-state index contributed by atoms with van der Waals surface area (Å²) in [6.45, 7) is 2.10. The summed E-state index contributed by atoms with van der Waals surface area (Å²) in [5, 5.41) is 7.72. The van der Waals surface area contributed by atoms with Crippen molar-refractivity contribution in [2.45, 2.75) is 32.4 Å². The van der Waals surface area contributed by atoms with Crippen LogP contribution in [0.3, 0.4) is 0 Å². The maximum absolute atomic E-state index is 12.8. The Morgan fingerprint density at radius 2 is 1.94 bits per heavy atom. The first-order chi connectivity index (χ1) is 15.7. The Morgan fingerprint density at radius 1 is 1.18 bits per heavy atom. The number of carbonyl (C=O) groups excluding carboxylic acids is 5. The number of rotatable bonds is 5. The molecule has 2 aliphatic heterocycles. The van der Waals surface area contributed by atoms with Crippen LogP contribution in [0.15, 0.2) is 24.3 Å². The number of amides is 6. The Hall–Kier alpha value is -3.73. The van der Waals surface area contributed by atoms with Gasteiger partial charge in [0.2, 0.25) is 11.8 Å². The van der Waals surface area contributed by atoms with E-state index in [2.05, 4.69) is 16.0 Å². The fourth-order valence-electron chi connectivity index (χ4n) is 3.84. The summed E-state index contributed by atoms with van der Waals surface area (Å²) in [5.74, 6) is -2.18. The van der Waals surface area contributed by atoms with Gasteiger partial charge in [-0.25, -0.2) is 4.79 Å². The zero-order valence-corrected chi connectivity index (χ0v) is 19.2. The second-order valence-electron chi connectivity index (χ2n) is 8.13. The lowest BCUT2D eigenvalue weighted by atomic mass is 10.0. The summed E-state index contributed by atoms with van der Waals surface area (Å²) >= 11 is 1.10. The van der Waals surface area contributed by atoms with Crippen molar-refractivity contribution in [1.29, 1.82) is 0 Å². The summed E-state index contributed by atoms with van der Waals surface area (Å²) in [6, 6.07) is 5.84. The maximum atomic E-state index is 12.8. The predicted octanol–water partition coefficient (Wildman–Crippen LogP) is 1.85. The summed E-state index contributed by atoms with van der Waals surface area (Å²) in [4.78, 5) is 65.2. The smallest absolute Gasteiger partial charge is 0.319 e. The lowest BCUT2D eigenvalue weighted by Crippen LogP contribution is -2.54. The Kier molecular flexibility index (Phi) is 5.90. The number of anilines is 2. The van der Waals surface area contributed by atoms with Gasteiger partial charge in [-0.1, -0.05) is 6.07 Å². The monoisotopic (exact) mass is 469 g/mol. The minimum Gasteiger partial charge on any atom is -0.376 e. The van der Waals surface area contributed by atoms with E-state index in [0.29, 0.717) is 10.6 Å². The molecule has 2 aromatic rings. The van der Waals surface area contributed by atoms with E-state index >= 15 is 0 Å². The Balaban J connectivity index is 1.41. The summed E-state index contributed by atoms with van der Waals surface area (Å²) in [6.07, 6.45) is 0.182. The van der Waals surface area contributed by atoms with E-state index in [1.165, 1.54) is 0 Å². The molecule has 0 saturated carbocycles. The normalized spacial score (nSPS) is 17.7. The molecule has 10 nitrogen and oxygen atoms in total. The van der Waals surface area contributed by atoms with Crippen molar-refractivity contribution in [2.24, 2.45) is 0 Å². The topological polar surface area (TPSA) is 128 Å². The number of nitrogens with zero attached hydrogens (tertiary/aromatic N) is 2. The van der Waals surface area contributed by atoms with Gasteiger partial charge in [-0.2, -0.15) is 0 Å². The third kappa shape index (κ3) is 4.31. The van der Waals surface area contributed by atoms with Crippen LogP contribution < -0.4 is 20.9 Å². The van der Waals surface area contributed by atoms with E-state index < -0.39 is 35.7 Å². The van der Waals surface area contributed by atoms with Crippen molar-refractivity contribution in [3.8, 4) is 0 Å². The molecule has 4 rings (SSSR count). The molecule has 6 amide bonds. The largest absolute Gasteiger partial charge is 0.376 e. The van der Waals surface area contributed by atoms with E-state index in [0.717, 1.165) is 27.5 Å². The maximum Gasteiger partial charge on any atom is 0.319 e. The first-order valence-corrected chi connectivity index (χ1v) is 11.1. The SMILES string of the molecule is Cc1ccc(NC(=O)NCc2cc3c(s2)C(=O)N(C2CCC(=O)NC2=O)C3=O)c(N(C)C)c1. The third-order valence-electron chi connectivity index (χ3n) is 5.47. The highest BCUT2D eigenvalue weighted by Crippen LogP contribution is 2.33. The van der Waals surface area contributed by atoms with Crippen molar-refractivity contribution < 1.29 is 24.0 Å². The van der Waals surface area contributed by atoms with Gasteiger partial charge < -0.3 is 15.5 Å².